The standard InChI is InChI=1S/C12H20BrNO/c13-7-9-14-8-6-12(10-11(14)15)4-2-1-3-5-12/h1-10H2. The molecule has 2 fully saturated rings. The molecule has 1 aliphatic heterocycles. The zero-order chi connectivity index (χ0) is 10.7. The number of hydrogen-bond donors (Lipinski definition) is 0. The quantitative estimate of drug-likeness (QED) is 0.709. The number of rotatable bonds is 2. The van der Waals surface area contributed by atoms with Crippen LogP contribution in [0.2, 0.25) is 0 Å². The van der Waals surface area contributed by atoms with Crippen LogP contribution in [0.3, 0.4) is 0 Å². The molecule has 1 saturated heterocycles. The fourth-order valence-electron chi connectivity index (χ4n) is 3.08. The van der Waals surface area contributed by atoms with Gasteiger partial charge in [0.15, 0.2) is 0 Å². The Morgan fingerprint density at radius 2 is 1.93 bits per heavy atom. The van der Waals surface area contributed by atoms with Crippen LogP contribution in [0.15, 0.2) is 0 Å². The van der Waals surface area contributed by atoms with Crippen molar-refractivity contribution >= 4 is 21.8 Å². The molecule has 0 radical (unpaired) electrons. The van der Waals surface area contributed by atoms with E-state index in [2.05, 4.69) is 15.9 Å². The van der Waals surface area contributed by atoms with Crippen molar-refractivity contribution in [1.29, 1.82) is 0 Å². The molecule has 0 aromatic rings. The van der Waals surface area contributed by atoms with Crippen molar-refractivity contribution in [2.24, 2.45) is 5.41 Å². The van der Waals surface area contributed by atoms with Crippen LogP contribution in [0, 0.1) is 5.41 Å². The fraction of sp³-hybridized carbons (Fsp3) is 0.917. The first kappa shape index (κ1) is 11.4. The van der Waals surface area contributed by atoms with Gasteiger partial charge in [0, 0.05) is 24.8 Å². The molecular weight excluding hydrogens is 254 g/mol. The van der Waals surface area contributed by atoms with Crippen molar-refractivity contribution in [3.05, 3.63) is 0 Å². The first-order valence-corrected chi connectivity index (χ1v) is 7.22. The lowest BCUT2D eigenvalue weighted by atomic mass is 9.68. The third-order valence-corrected chi connectivity index (χ3v) is 4.41. The summed E-state index contributed by atoms with van der Waals surface area (Å²) in [6.07, 6.45) is 8.70. The van der Waals surface area contributed by atoms with Crippen molar-refractivity contribution in [3.63, 3.8) is 0 Å². The highest BCUT2D eigenvalue weighted by Gasteiger charge is 2.39. The predicted molar refractivity (Wildman–Crippen MR) is 65.1 cm³/mol. The van der Waals surface area contributed by atoms with Gasteiger partial charge in [0.2, 0.25) is 5.91 Å². The number of carbonyl (C=O) groups excluding carboxylic acids is 1. The molecule has 1 aliphatic carbocycles. The van der Waals surface area contributed by atoms with Gasteiger partial charge in [-0.2, -0.15) is 0 Å². The smallest absolute Gasteiger partial charge is 0.223 e. The van der Waals surface area contributed by atoms with E-state index in [0.717, 1.165) is 24.8 Å². The molecule has 1 saturated carbocycles. The Morgan fingerprint density at radius 1 is 1.20 bits per heavy atom. The first-order valence-electron chi connectivity index (χ1n) is 6.10. The van der Waals surface area contributed by atoms with E-state index < -0.39 is 0 Å². The molecule has 1 heterocycles. The molecule has 0 N–H and O–H groups in total. The highest BCUT2D eigenvalue weighted by Crippen LogP contribution is 2.44. The zero-order valence-electron chi connectivity index (χ0n) is 9.30. The molecule has 2 nitrogen and oxygen atoms in total. The molecule has 0 bridgehead atoms. The summed E-state index contributed by atoms with van der Waals surface area (Å²) in [4.78, 5) is 14.0. The van der Waals surface area contributed by atoms with Gasteiger partial charge in [0.05, 0.1) is 0 Å². The Bertz CT molecular complexity index is 236. The summed E-state index contributed by atoms with van der Waals surface area (Å²) in [7, 11) is 0. The number of likely N-dealkylation sites (tertiary alicyclic amines) is 1. The van der Waals surface area contributed by atoms with Crippen LogP contribution in [-0.2, 0) is 4.79 Å². The van der Waals surface area contributed by atoms with Crippen molar-refractivity contribution in [1.82, 2.24) is 4.90 Å². The Hall–Kier alpha value is -0.0500. The predicted octanol–water partition coefficient (Wildman–Crippen LogP) is 2.95. The number of alkyl halides is 1. The van der Waals surface area contributed by atoms with Gasteiger partial charge in [-0.1, -0.05) is 35.2 Å². The monoisotopic (exact) mass is 273 g/mol. The minimum Gasteiger partial charge on any atom is -0.342 e. The van der Waals surface area contributed by atoms with Gasteiger partial charge in [-0.15, -0.1) is 0 Å². The zero-order valence-corrected chi connectivity index (χ0v) is 10.9. The summed E-state index contributed by atoms with van der Waals surface area (Å²) < 4.78 is 0. The summed E-state index contributed by atoms with van der Waals surface area (Å²) >= 11 is 3.41. The molecule has 0 aromatic heterocycles. The van der Waals surface area contributed by atoms with Crippen LogP contribution in [0.5, 0.6) is 0 Å². The van der Waals surface area contributed by atoms with Crippen LogP contribution in [0.4, 0.5) is 0 Å². The Labute approximate surface area is 101 Å². The van der Waals surface area contributed by atoms with Crippen LogP contribution >= 0.6 is 15.9 Å². The van der Waals surface area contributed by atoms with Crippen molar-refractivity contribution < 1.29 is 4.79 Å². The number of carbonyl (C=O) groups is 1. The maximum absolute atomic E-state index is 12.0. The van der Waals surface area contributed by atoms with Crippen LogP contribution in [-0.4, -0.2) is 29.2 Å². The van der Waals surface area contributed by atoms with E-state index in [9.17, 15) is 4.79 Å². The third kappa shape index (κ3) is 2.55. The van der Waals surface area contributed by atoms with E-state index in [4.69, 9.17) is 0 Å². The molecule has 3 heteroatoms. The lowest BCUT2D eigenvalue weighted by Crippen LogP contribution is -2.45. The lowest BCUT2D eigenvalue weighted by Gasteiger charge is -2.43. The summed E-state index contributed by atoms with van der Waals surface area (Å²) in [6.45, 7) is 1.87. The molecule has 2 rings (SSSR count). The number of amides is 1. The first-order chi connectivity index (χ1) is 7.26. The van der Waals surface area contributed by atoms with E-state index >= 15 is 0 Å². The molecular formula is C12H20BrNO. The van der Waals surface area contributed by atoms with E-state index in [0.29, 0.717) is 11.3 Å². The van der Waals surface area contributed by atoms with Crippen LogP contribution < -0.4 is 0 Å². The summed E-state index contributed by atoms with van der Waals surface area (Å²) in [6, 6.07) is 0. The summed E-state index contributed by atoms with van der Waals surface area (Å²) in [5, 5.41) is 0.908. The molecule has 1 spiro atoms. The van der Waals surface area contributed by atoms with E-state index in [1.54, 1.807) is 0 Å². The largest absolute Gasteiger partial charge is 0.342 e. The van der Waals surface area contributed by atoms with Gasteiger partial charge < -0.3 is 4.90 Å². The molecule has 0 atom stereocenters. The number of halogens is 1. The second-order valence-electron chi connectivity index (χ2n) is 5.06. The van der Waals surface area contributed by atoms with Crippen LogP contribution in [0.1, 0.15) is 44.9 Å². The van der Waals surface area contributed by atoms with Gasteiger partial charge in [-0.05, 0) is 24.7 Å². The van der Waals surface area contributed by atoms with Gasteiger partial charge in [-0.25, -0.2) is 0 Å². The molecule has 0 unspecified atom stereocenters. The van der Waals surface area contributed by atoms with Gasteiger partial charge in [0.25, 0.3) is 0 Å². The topological polar surface area (TPSA) is 20.3 Å². The summed E-state index contributed by atoms with van der Waals surface area (Å²) in [5.41, 5.74) is 0.401. The van der Waals surface area contributed by atoms with Gasteiger partial charge in [0.1, 0.15) is 0 Å². The van der Waals surface area contributed by atoms with Crippen molar-refractivity contribution in [3.8, 4) is 0 Å². The molecule has 2 aliphatic rings. The van der Waals surface area contributed by atoms with E-state index in [1.165, 1.54) is 38.5 Å². The average molecular weight is 274 g/mol. The normalized spacial score (nSPS) is 25.9. The minimum absolute atomic E-state index is 0.391. The molecule has 0 aromatic carbocycles. The fourth-order valence-corrected chi connectivity index (χ4v) is 3.51. The second-order valence-corrected chi connectivity index (χ2v) is 5.85. The van der Waals surface area contributed by atoms with Crippen molar-refractivity contribution in [2.75, 3.05) is 18.4 Å². The van der Waals surface area contributed by atoms with Crippen LogP contribution in [0.25, 0.3) is 0 Å². The van der Waals surface area contributed by atoms with E-state index in [-0.39, 0.29) is 0 Å². The number of piperidine rings is 1. The highest BCUT2D eigenvalue weighted by molar-refractivity contribution is 9.09. The number of hydrogen-bond acceptors (Lipinski definition) is 1. The Kier molecular flexibility index (Phi) is 3.70. The number of nitrogens with zero attached hydrogens (tertiary/aromatic N) is 1. The SMILES string of the molecule is O=C1CC2(CCCCC2)CCN1CCBr. The Morgan fingerprint density at radius 3 is 2.53 bits per heavy atom. The molecule has 86 valence electrons. The highest BCUT2D eigenvalue weighted by atomic mass is 79.9. The third-order valence-electron chi connectivity index (χ3n) is 4.06. The average Bonchev–Trinajstić information content (AvgIpc) is 2.24. The van der Waals surface area contributed by atoms with Gasteiger partial charge in [-0.3, -0.25) is 4.79 Å². The molecule has 1 amide bonds. The second kappa shape index (κ2) is 4.86. The lowest BCUT2D eigenvalue weighted by molar-refractivity contribution is -0.138. The molecule has 15 heavy (non-hydrogen) atoms. The minimum atomic E-state index is 0.391. The summed E-state index contributed by atoms with van der Waals surface area (Å²) in [5.74, 6) is 0.391. The maximum atomic E-state index is 12.0. The van der Waals surface area contributed by atoms with Gasteiger partial charge >= 0.3 is 0 Å². The maximum Gasteiger partial charge on any atom is 0.223 e. The van der Waals surface area contributed by atoms with Crippen molar-refractivity contribution in [2.45, 2.75) is 44.9 Å². The Balaban J connectivity index is 1.94. The van der Waals surface area contributed by atoms with E-state index in [1.807, 2.05) is 4.90 Å².